The molecule has 1 fully saturated rings. The number of hydrogen-bond acceptors (Lipinski definition) is 3. The van der Waals surface area contributed by atoms with Crippen molar-refractivity contribution >= 4 is 23.2 Å². The first-order valence-electron chi connectivity index (χ1n) is 6.99. The minimum absolute atomic E-state index is 0.124. The molecule has 1 heterocycles. The van der Waals surface area contributed by atoms with Crippen LogP contribution in [-0.2, 0) is 4.79 Å². The third kappa shape index (κ3) is 2.63. The molecule has 0 spiro atoms. The van der Waals surface area contributed by atoms with Crippen LogP contribution < -0.4 is 15.4 Å². The van der Waals surface area contributed by atoms with Crippen molar-refractivity contribution < 1.29 is 9.53 Å². The van der Waals surface area contributed by atoms with E-state index in [9.17, 15) is 4.79 Å². The van der Waals surface area contributed by atoms with Gasteiger partial charge in [-0.1, -0.05) is 11.6 Å². The summed E-state index contributed by atoms with van der Waals surface area (Å²) < 4.78 is 5.72. The van der Waals surface area contributed by atoms with Crippen LogP contribution in [0, 0.1) is 6.92 Å². The lowest BCUT2D eigenvalue weighted by Crippen LogP contribution is -2.26. The first-order valence-corrected chi connectivity index (χ1v) is 7.36. The highest BCUT2D eigenvalue weighted by atomic mass is 35.5. The Labute approximate surface area is 124 Å². The number of halogens is 1. The molecule has 2 N–H and O–H groups in total. The van der Waals surface area contributed by atoms with E-state index in [-0.39, 0.29) is 11.9 Å². The van der Waals surface area contributed by atoms with E-state index in [1.165, 1.54) is 0 Å². The summed E-state index contributed by atoms with van der Waals surface area (Å²) in [5, 5.41) is 0.623. The molecular formula is C15H21ClN2O2. The zero-order valence-electron chi connectivity index (χ0n) is 12.2. The summed E-state index contributed by atoms with van der Waals surface area (Å²) in [5.74, 6) is 0.815. The van der Waals surface area contributed by atoms with E-state index in [2.05, 4.69) is 0 Å². The molecule has 1 saturated heterocycles. The van der Waals surface area contributed by atoms with Gasteiger partial charge in [-0.15, -0.1) is 0 Å². The summed E-state index contributed by atoms with van der Waals surface area (Å²) in [5.41, 5.74) is 8.47. The van der Waals surface area contributed by atoms with Crippen molar-refractivity contribution in [2.45, 2.75) is 39.7 Å². The number of benzene rings is 1. The molecule has 1 amide bonds. The zero-order valence-corrected chi connectivity index (χ0v) is 13.0. The Morgan fingerprint density at radius 1 is 1.55 bits per heavy atom. The van der Waals surface area contributed by atoms with Crippen LogP contribution in [0.5, 0.6) is 5.75 Å². The summed E-state index contributed by atoms with van der Waals surface area (Å²) in [6.45, 7) is 6.97. The molecular weight excluding hydrogens is 276 g/mol. The number of amides is 1. The first kappa shape index (κ1) is 15.1. The van der Waals surface area contributed by atoms with Crippen LogP contribution in [0.4, 0.5) is 5.69 Å². The molecule has 1 aromatic carbocycles. The average Bonchev–Trinajstić information content (AvgIpc) is 2.80. The highest BCUT2D eigenvalue weighted by Gasteiger charge is 2.28. The highest BCUT2D eigenvalue weighted by molar-refractivity contribution is 6.32. The molecule has 2 rings (SSSR count). The minimum Gasteiger partial charge on any atom is -0.492 e. The predicted octanol–water partition coefficient (Wildman–Crippen LogP) is 3.19. The molecule has 5 heteroatoms. The molecule has 1 aliphatic heterocycles. The Balaban J connectivity index is 2.59. The third-order valence-corrected chi connectivity index (χ3v) is 4.09. The average molecular weight is 297 g/mol. The van der Waals surface area contributed by atoms with E-state index < -0.39 is 0 Å². The van der Waals surface area contributed by atoms with Crippen molar-refractivity contribution in [1.82, 2.24) is 0 Å². The van der Waals surface area contributed by atoms with E-state index in [4.69, 9.17) is 22.1 Å². The molecule has 0 aromatic heterocycles. The Kier molecular flexibility index (Phi) is 4.55. The van der Waals surface area contributed by atoms with Crippen molar-refractivity contribution in [3.05, 3.63) is 22.2 Å². The summed E-state index contributed by atoms with van der Waals surface area (Å²) in [6, 6.07) is 1.69. The highest BCUT2D eigenvalue weighted by Crippen LogP contribution is 2.41. The van der Waals surface area contributed by atoms with Crippen molar-refractivity contribution in [3.8, 4) is 5.75 Å². The molecule has 1 aromatic rings. The fraction of sp³-hybridized carbons (Fsp3) is 0.533. The van der Waals surface area contributed by atoms with Gasteiger partial charge in [0, 0.05) is 19.0 Å². The number of carbonyl (C=O) groups excluding carboxylic acids is 1. The van der Waals surface area contributed by atoms with Crippen molar-refractivity contribution in [3.63, 3.8) is 0 Å². The van der Waals surface area contributed by atoms with Gasteiger partial charge in [0.05, 0.1) is 17.3 Å². The molecule has 20 heavy (non-hydrogen) atoms. The van der Waals surface area contributed by atoms with Gasteiger partial charge in [-0.05, 0) is 44.4 Å². The van der Waals surface area contributed by atoms with Gasteiger partial charge in [0.15, 0.2) is 0 Å². The van der Waals surface area contributed by atoms with Crippen LogP contribution in [0.25, 0.3) is 0 Å². The second kappa shape index (κ2) is 6.02. The molecule has 0 unspecified atom stereocenters. The number of nitrogens with zero attached hydrogens (tertiary/aromatic N) is 1. The van der Waals surface area contributed by atoms with Crippen molar-refractivity contribution in [2.24, 2.45) is 5.73 Å². The van der Waals surface area contributed by atoms with Gasteiger partial charge in [-0.2, -0.15) is 0 Å². The predicted molar refractivity (Wildman–Crippen MR) is 81.5 cm³/mol. The van der Waals surface area contributed by atoms with Gasteiger partial charge in [0.1, 0.15) is 5.75 Å². The third-order valence-electron chi connectivity index (χ3n) is 3.59. The Morgan fingerprint density at radius 2 is 2.25 bits per heavy atom. The van der Waals surface area contributed by atoms with Crippen LogP contribution in [0.1, 0.15) is 43.9 Å². The largest absolute Gasteiger partial charge is 0.492 e. The van der Waals surface area contributed by atoms with E-state index in [0.29, 0.717) is 30.3 Å². The number of rotatable bonds is 4. The van der Waals surface area contributed by atoms with Crippen LogP contribution in [0.15, 0.2) is 6.07 Å². The molecule has 4 nitrogen and oxygen atoms in total. The quantitative estimate of drug-likeness (QED) is 0.928. The Morgan fingerprint density at radius 3 is 2.75 bits per heavy atom. The van der Waals surface area contributed by atoms with Crippen molar-refractivity contribution in [1.29, 1.82) is 0 Å². The van der Waals surface area contributed by atoms with E-state index in [1.807, 2.05) is 26.8 Å². The summed E-state index contributed by atoms with van der Waals surface area (Å²) in [7, 11) is 0. The fourth-order valence-corrected chi connectivity index (χ4v) is 2.91. The summed E-state index contributed by atoms with van der Waals surface area (Å²) >= 11 is 6.42. The van der Waals surface area contributed by atoms with Gasteiger partial charge in [0.2, 0.25) is 5.91 Å². The standard InChI is InChI=1S/C15H21ClN2O2/c1-4-20-12-8-11(10(3)17)14(16)9(2)15(12)18-7-5-6-13(18)19/h8,10H,4-7,17H2,1-3H3/t10-/m1/s1. The molecule has 1 atom stereocenters. The summed E-state index contributed by atoms with van der Waals surface area (Å²) in [6.07, 6.45) is 1.45. The van der Waals surface area contributed by atoms with Crippen LogP contribution >= 0.6 is 11.6 Å². The molecule has 1 aliphatic rings. The lowest BCUT2D eigenvalue weighted by atomic mass is 10.0. The lowest BCUT2D eigenvalue weighted by molar-refractivity contribution is -0.117. The summed E-state index contributed by atoms with van der Waals surface area (Å²) in [4.78, 5) is 13.8. The molecule has 0 saturated carbocycles. The van der Waals surface area contributed by atoms with Crippen LogP contribution in [-0.4, -0.2) is 19.1 Å². The lowest BCUT2D eigenvalue weighted by Gasteiger charge is -2.25. The molecule has 0 aliphatic carbocycles. The maximum Gasteiger partial charge on any atom is 0.227 e. The van der Waals surface area contributed by atoms with Gasteiger partial charge < -0.3 is 15.4 Å². The normalized spacial score (nSPS) is 16.6. The Hall–Kier alpha value is -1.26. The number of ether oxygens (including phenoxy) is 1. The smallest absolute Gasteiger partial charge is 0.227 e. The second-order valence-corrected chi connectivity index (χ2v) is 5.50. The SMILES string of the molecule is CCOc1cc([C@@H](C)N)c(Cl)c(C)c1N1CCCC1=O. The second-order valence-electron chi connectivity index (χ2n) is 5.12. The van der Waals surface area contributed by atoms with Crippen molar-refractivity contribution in [2.75, 3.05) is 18.1 Å². The minimum atomic E-state index is -0.177. The van der Waals surface area contributed by atoms with E-state index >= 15 is 0 Å². The topological polar surface area (TPSA) is 55.6 Å². The molecule has 0 radical (unpaired) electrons. The zero-order chi connectivity index (χ0) is 14.9. The van der Waals surface area contributed by atoms with E-state index in [0.717, 1.165) is 23.2 Å². The molecule has 110 valence electrons. The maximum atomic E-state index is 12.0. The number of anilines is 1. The Bertz CT molecular complexity index is 529. The van der Waals surface area contributed by atoms with Gasteiger partial charge in [0.25, 0.3) is 0 Å². The maximum absolute atomic E-state index is 12.0. The number of nitrogens with two attached hydrogens (primary N) is 1. The first-order chi connectivity index (χ1) is 9.47. The number of carbonyl (C=O) groups is 1. The monoisotopic (exact) mass is 296 g/mol. The van der Waals surface area contributed by atoms with Crippen LogP contribution in [0.2, 0.25) is 5.02 Å². The fourth-order valence-electron chi connectivity index (χ4n) is 2.60. The molecule has 0 bridgehead atoms. The van der Waals surface area contributed by atoms with Gasteiger partial charge in [-0.25, -0.2) is 0 Å². The van der Waals surface area contributed by atoms with Crippen LogP contribution in [0.3, 0.4) is 0 Å². The number of hydrogen-bond donors (Lipinski definition) is 1. The van der Waals surface area contributed by atoms with Gasteiger partial charge in [-0.3, -0.25) is 4.79 Å². The van der Waals surface area contributed by atoms with Gasteiger partial charge >= 0.3 is 0 Å². The van der Waals surface area contributed by atoms with E-state index in [1.54, 1.807) is 4.90 Å².